The molecule has 4 heteroatoms. The predicted molar refractivity (Wildman–Crippen MR) is 75.4 cm³/mol. The molecule has 2 rings (SSSR count). The van der Waals surface area contributed by atoms with E-state index in [9.17, 15) is 4.79 Å². The highest BCUT2D eigenvalue weighted by Crippen LogP contribution is 2.07. The number of benzene rings is 1. The number of carbonyl (C=O) groups is 1. The van der Waals surface area contributed by atoms with Crippen LogP contribution < -0.4 is 0 Å². The molecule has 0 saturated carbocycles. The second-order valence-corrected chi connectivity index (χ2v) is 4.31. The minimum atomic E-state index is -0.326. The summed E-state index contributed by atoms with van der Waals surface area (Å²) in [5, 5.41) is 0. The molecule has 0 amide bonds. The van der Waals surface area contributed by atoms with Crippen LogP contribution in [0, 0.1) is 0 Å². The maximum atomic E-state index is 11.3. The highest BCUT2D eigenvalue weighted by molar-refractivity contribution is 5.89. The Balaban J connectivity index is 1.75. The fourth-order valence-corrected chi connectivity index (χ4v) is 1.77. The first-order valence-electron chi connectivity index (χ1n) is 6.44. The summed E-state index contributed by atoms with van der Waals surface area (Å²) in [7, 11) is 1.37. The first-order chi connectivity index (χ1) is 9.79. The molecule has 1 aromatic carbocycles. The van der Waals surface area contributed by atoms with Gasteiger partial charge in [0.2, 0.25) is 0 Å². The second-order valence-electron chi connectivity index (χ2n) is 4.31. The molecule has 0 aliphatic carbocycles. The van der Waals surface area contributed by atoms with Gasteiger partial charge in [0, 0.05) is 18.3 Å². The van der Waals surface area contributed by atoms with Crippen LogP contribution in [-0.4, -0.2) is 24.7 Å². The van der Waals surface area contributed by atoms with Crippen molar-refractivity contribution in [3.8, 4) is 0 Å². The summed E-state index contributed by atoms with van der Waals surface area (Å²) in [4.78, 5) is 15.5. The molecule has 0 aliphatic heterocycles. The minimum absolute atomic E-state index is 0.326. The normalized spacial score (nSPS) is 10.2. The van der Waals surface area contributed by atoms with E-state index in [1.807, 2.05) is 30.3 Å². The molecular weight excluding hydrogens is 254 g/mol. The van der Waals surface area contributed by atoms with Crippen molar-refractivity contribution in [3.63, 3.8) is 0 Å². The predicted octanol–water partition coefficient (Wildman–Crippen LogP) is 2.63. The average Bonchev–Trinajstić information content (AvgIpc) is 2.52. The Morgan fingerprint density at radius 3 is 2.60 bits per heavy atom. The van der Waals surface area contributed by atoms with Crippen LogP contribution in [-0.2, 0) is 22.5 Å². The number of ether oxygens (including phenoxy) is 2. The van der Waals surface area contributed by atoms with Gasteiger partial charge in [-0.15, -0.1) is 0 Å². The van der Waals surface area contributed by atoms with Crippen LogP contribution in [0.15, 0.2) is 48.7 Å². The molecule has 1 aromatic heterocycles. The van der Waals surface area contributed by atoms with Crippen LogP contribution in [0.2, 0.25) is 0 Å². The molecule has 0 radical (unpaired) electrons. The fraction of sp³-hybridized carbons (Fsp3) is 0.250. The third kappa shape index (κ3) is 4.17. The number of aromatic nitrogens is 1. The van der Waals surface area contributed by atoms with Gasteiger partial charge in [-0.1, -0.05) is 18.2 Å². The Bertz CT molecular complexity index is 537. The molecule has 104 valence electrons. The van der Waals surface area contributed by atoms with Crippen LogP contribution in [0.25, 0.3) is 0 Å². The smallest absolute Gasteiger partial charge is 0.337 e. The molecule has 1 heterocycles. The SMILES string of the molecule is COC(=O)c1ccc(COCCc2ccccn2)cc1. The molecular formula is C16H17NO3. The maximum absolute atomic E-state index is 11.3. The van der Waals surface area contributed by atoms with Gasteiger partial charge in [-0.3, -0.25) is 4.98 Å². The molecule has 4 nitrogen and oxygen atoms in total. The van der Waals surface area contributed by atoms with Crippen molar-refractivity contribution in [3.05, 3.63) is 65.5 Å². The van der Waals surface area contributed by atoms with E-state index in [1.54, 1.807) is 18.3 Å². The highest BCUT2D eigenvalue weighted by atomic mass is 16.5. The lowest BCUT2D eigenvalue weighted by Crippen LogP contribution is -2.02. The Morgan fingerprint density at radius 1 is 1.15 bits per heavy atom. The number of esters is 1. The number of rotatable bonds is 6. The molecule has 0 N–H and O–H groups in total. The zero-order valence-electron chi connectivity index (χ0n) is 11.4. The van der Waals surface area contributed by atoms with Crippen LogP contribution >= 0.6 is 0 Å². The monoisotopic (exact) mass is 271 g/mol. The highest BCUT2D eigenvalue weighted by Gasteiger charge is 2.04. The van der Waals surface area contributed by atoms with Gasteiger partial charge >= 0.3 is 5.97 Å². The molecule has 0 saturated heterocycles. The number of hydrogen-bond acceptors (Lipinski definition) is 4. The van der Waals surface area contributed by atoms with Gasteiger partial charge in [-0.2, -0.15) is 0 Å². The third-order valence-corrected chi connectivity index (χ3v) is 2.87. The van der Waals surface area contributed by atoms with Gasteiger partial charge in [-0.25, -0.2) is 4.79 Å². The Labute approximate surface area is 118 Å². The van der Waals surface area contributed by atoms with Crippen molar-refractivity contribution < 1.29 is 14.3 Å². The molecule has 0 aliphatic rings. The Kier molecular flexibility index (Phi) is 5.26. The van der Waals surface area contributed by atoms with Crippen molar-refractivity contribution >= 4 is 5.97 Å². The van der Waals surface area contributed by atoms with Crippen molar-refractivity contribution in [2.45, 2.75) is 13.0 Å². The van der Waals surface area contributed by atoms with E-state index in [-0.39, 0.29) is 5.97 Å². The third-order valence-electron chi connectivity index (χ3n) is 2.87. The molecule has 0 unspecified atom stereocenters. The molecule has 0 atom stereocenters. The first kappa shape index (κ1) is 14.2. The number of pyridine rings is 1. The minimum Gasteiger partial charge on any atom is -0.465 e. The first-order valence-corrected chi connectivity index (χ1v) is 6.44. The molecule has 20 heavy (non-hydrogen) atoms. The summed E-state index contributed by atoms with van der Waals surface area (Å²) in [5.74, 6) is -0.326. The topological polar surface area (TPSA) is 48.4 Å². The quantitative estimate of drug-likeness (QED) is 0.598. The summed E-state index contributed by atoms with van der Waals surface area (Å²) in [6.07, 6.45) is 2.57. The average molecular weight is 271 g/mol. The van der Waals surface area contributed by atoms with Crippen molar-refractivity contribution in [2.75, 3.05) is 13.7 Å². The van der Waals surface area contributed by atoms with E-state index in [2.05, 4.69) is 9.72 Å². The zero-order valence-corrected chi connectivity index (χ0v) is 11.4. The van der Waals surface area contributed by atoms with E-state index < -0.39 is 0 Å². The van der Waals surface area contributed by atoms with Gasteiger partial charge in [0.15, 0.2) is 0 Å². The lowest BCUT2D eigenvalue weighted by atomic mass is 10.1. The second kappa shape index (κ2) is 7.40. The van der Waals surface area contributed by atoms with E-state index in [0.717, 1.165) is 17.7 Å². The van der Waals surface area contributed by atoms with Crippen molar-refractivity contribution in [1.29, 1.82) is 0 Å². The van der Waals surface area contributed by atoms with Crippen molar-refractivity contribution in [1.82, 2.24) is 4.98 Å². The van der Waals surface area contributed by atoms with Crippen LogP contribution in [0.3, 0.4) is 0 Å². The Morgan fingerprint density at radius 2 is 1.95 bits per heavy atom. The zero-order chi connectivity index (χ0) is 14.2. The van der Waals surface area contributed by atoms with Gasteiger partial charge in [-0.05, 0) is 29.8 Å². The molecule has 0 bridgehead atoms. The number of hydrogen-bond donors (Lipinski definition) is 0. The van der Waals surface area contributed by atoms with E-state index in [0.29, 0.717) is 18.8 Å². The fourth-order valence-electron chi connectivity index (χ4n) is 1.77. The summed E-state index contributed by atoms with van der Waals surface area (Å²) < 4.78 is 10.2. The van der Waals surface area contributed by atoms with E-state index in [4.69, 9.17) is 4.74 Å². The number of nitrogens with zero attached hydrogens (tertiary/aromatic N) is 1. The van der Waals surface area contributed by atoms with E-state index >= 15 is 0 Å². The van der Waals surface area contributed by atoms with E-state index in [1.165, 1.54) is 7.11 Å². The van der Waals surface area contributed by atoms with Crippen molar-refractivity contribution in [2.24, 2.45) is 0 Å². The molecule has 0 fully saturated rings. The van der Waals surface area contributed by atoms with Crippen LogP contribution in [0.5, 0.6) is 0 Å². The molecule has 0 spiro atoms. The maximum Gasteiger partial charge on any atom is 0.337 e. The van der Waals surface area contributed by atoms with Gasteiger partial charge in [0.05, 0.1) is 25.9 Å². The largest absolute Gasteiger partial charge is 0.465 e. The van der Waals surface area contributed by atoms with Crippen LogP contribution in [0.4, 0.5) is 0 Å². The lowest BCUT2D eigenvalue weighted by Gasteiger charge is -2.05. The van der Waals surface area contributed by atoms with Gasteiger partial charge in [0.1, 0.15) is 0 Å². The number of carbonyl (C=O) groups excluding carboxylic acids is 1. The Hall–Kier alpha value is -2.20. The van der Waals surface area contributed by atoms with Gasteiger partial charge < -0.3 is 9.47 Å². The summed E-state index contributed by atoms with van der Waals surface area (Å²) in [6.45, 7) is 1.14. The lowest BCUT2D eigenvalue weighted by molar-refractivity contribution is 0.0600. The summed E-state index contributed by atoms with van der Waals surface area (Å²) in [6, 6.07) is 13.1. The molecule has 2 aromatic rings. The summed E-state index contributed by atoms with van der Waals surface area (Å²) >= 11 is 0. The van der Waals surface area contributed by atoms with Gasteiger partial charge in [0.25, 0.3) is 0 Å². The number of methoxy groups -OCH3 is 1. The standard InChI is InChI=1S/C16H17NO3/c1-19-16(18)14-7-5-13(6-8-14)12-20-11-9-15-4-2-3-10-17-15/h2-8,10H,9,11-12H2,1H3. The van der Waals surface area contributed by atoms with Crippen LogP contribution in [0.1, 0.15) is 21.6 Å². The summed E-state index contributed by atoms with van der Waals surface area (Å²) in [5.41, 5.74) is 2.59.